The second-order valence-electron chi connectivity index (χ2n) is 11.3. The molecular weight excluding hydrogens is 564 g/mol. The van der Waals surface area contributed by atoms with E-state index in [-0.39, 0.29) is 6.61 Å². The van der Waals surface area contributed by atoms with Crippen LogP contribution in [0.25, 0.3) is 5.57 Å². The van der Waals surface area contributed by atoms with Crippen LogP contribution >= 0.6 is 11.8 Å². The second kappa shape index (κ2) is 16.2. The molecule has 0 bridgehead atoms. The number of likely N-dealkylation sites (tertiary alicyclic amines) is 2. The summed E-state index contributed by atoms with van der Waals surface area (Å²) in [5.41, 5.74) is 6.46. The predicted molar refractivity (Wildman–Crippen MR) is 180 cm³/mol. The number of hydrogen-bond donors (Lipinski definition) is 1. The van der Waals surface area contributed by atoms with Gasteiger partial charge in [-0.2, -0.15) is 0 Å². The van der Waals surface area contributed by atoms with Crippen molar-refractivity contribution in [3.63, 3.8) is 0 Å². The van der Waals surface area contributed by atoms with Crippen molar-refractivity contribution in [2.75, 3.05) is 51.6 Å². The number of thioether (sulfide) groups is 1. The van der Waals surface area contributed by atoms with Gasteiger partial charge in [0.1, 0.15) is 5.75 Å². The van der Waals surface area contributed by atoms with Gasteiger partial charge in [0.05, 0.1) is 13.1 Å². The molecule has 226 valence electrons. The van der Waals surface area contributed by atoms with E-state index in [1.165, 1.54) is 31.3 Å². The molecule has 2 aliphatic rings. The normalized spacial score (nSPS) is 14.8. The van der Waals surface area contributed by atoms with E-state index in [4.69, 9.17) is 9.84 Å². The van der Waals surface area contributed by atoms with E-state index in [1.807, 2.05) is 25.1 Å². The lowest BCUT2D eigenvalue weighted by Crippen LogP contribution is -2.18. The zero-order chi connectivity index (χ0) is 30.6. The van der Waals surface area contributed by atoms with E-state index in [2.05, 4.69) is 88.1 Å². The van der Waals surface area contributed by atoms with E-state index in [0.717, 1.165) is 77.7 Å². The first-order valence-corrected chi connectivity index (χ1v) is 16.4. The molecule has 0 amide bonds. The van der Waals surface area contributed by atoms with Gasteiger partial charge in [0.25, 0.3) is 0 Å². The first-order chi connectivity index (χ1) is 21.5. The summed E-state index contributed by atoms with van der Waals surface area (Å²) in [6, 6.07) is 23.0. The van der Waals surface area contributed by atoms with Crippen LogP contribution in [0, 0.1) is 30.6 Å². The van der Waals surface area contributed by atoms with Crippen molar-refractivity contribution in [3.8, 4) is 29.4 Å². The number of carbonyl (C=O) groups is 1. The molecule has 1 N–H and O–H groups in total. The van der Waals surface area contributed by atoms with Crippen LogP contribution in [0.4, 0.5) is 0 Å². The van der Waals surface area contributed by atoms with Gasteiger partial charge in [-0.1, -0.05) is 54.0 Å². The number of carboxylic acids is 1. The smallest absolute Gasteiger partial charge is 0.341 e. The second-order valence-corrected chi connectivity index (χ2v) is 12.4. The summed E-state index contributed by atoms with van der Waals surface area (Å²) < 4.78 is 5.39. The maximum atomic E-state index is 10.9. The average Bonchev–Trinajstić information content (AvgIpc) is 3.75. The first kappa shape index (κ1) is 31.5. The van der Waals surface area contributed by atoms with Crippen molar-refractivity contribution in [2.45, 2.75) is 37.5 Å². The summed E-state index contributed by atoms with van der Waals surface area (Å²) in [5.74, 6) is 13.8. The predicted octanol–water partition coefficient (Wildman–Crippen LogP) is 6.58. The van der Waals surface area contributed by atoms with Gasteiger partial charge in [-0.25, -0.2) is 4.79 Å². The third-order valence-electron chi connectivity index (χ3n) is 7.89. The van der Waals surface area contributed by atoms with E-state index >= 15 is 0 Å². The van der Waals surface area contributed by atoms with Crippen LogP contribution in [0.5, 0.6) is 5.75 Å². The van der Waals surface area contributed by atoms with Gasteiger partial charge in [-0.15, -0.1) is 11.8 Å². The molecule has 2 fully saturated rings. The molecule has 2 heterocycles. The molecule has 44 heavy (non-hydrogen) atoms. The lowest BCUT2D eigenvalue weighted by molar-refractivity contribution is -0.139. The molecule has 6 heteroatoms. The molecule has 0 unspecified atom stereocenters. The van der Waals surface area contributed by atoms with Gasteiger partial charge in [-0.3, -0.25) is 9.80 Å². The molecule has 2 aliphatic heterocycles. The highest BCUT2D eigenvalue weighted by Crippen LogP contribution is 2.29. The number of ether oxygens (including phenoxy) is 1. The molecule has 5 rings (SSSR count). The maximum absolute atomic E-state index is 10.9. The monoisotopic (exact) mass is 604 g/mol. The van der Waals surface area contributed by atoms with Crippen LogP contribution in [-0.2, 0) is 4.79 Å². The highest BCUT2D eigenvalue weighted by molar-refractivity contribution is 7.99. The molecule has 5 nitrogen and oxygen atoms in total. The fourth-order valence-electron chi connectivity index (χ4n) is 5.49. The summed E-state index contributed by atoms with van der Waals surface area (Å²) in [7, 11) is 0. The van der Waals surface area contributed by atoms with Crippen molar-refractivity contribution in [1.82, 2.24) is 9.80 Å². The quantitative estimate of drug-likeness (QED) is 0.209. The summed E-state index contributed by atoms with van der Waals surface area (Å²) in [4.78, 5) is 16.8. The summed E-state index contributed by atoms with van der Waals surface area (Å²) in [5, 5.41) is 8.91. The van der Waals surface area contributed by atoms with Crippen LogP contribution in [0.15, 0.2) is 77.7 Å². The van der Waals surface area contributed by atoms with Gasteiger partial charge < -0.3 is 9.84 Å². The third kappa shape index (κ3) is 9.53. The van der Waals surface area contributed by atoms with Crippen molar-refractivity contribution < 1.29 is 14.6 Å². The Morgan fingerprint density at radius 2 is 1.34 bits per heavy atom. The van der Waals surface area contributed by atoms with E-state index in [9.17, 15) is 4.79 Å². The summed E-state index contributed by atoms with van der Waals surface area (Å²) in [6.07, 6.45) is 7.39. The van der Waals surface area contributed by atoms with Crippen LogP contribution in [0.1, 0.15) is 53.5 Å². The van der Waals surface area contributed by atoms with Gasteiger partial charge in [0, 0.05) is 21.8 Å². The molecule has 0 atom stereocenters. The zero-order valence-corrected chi connectivity index (χ0v) is 26.3. The van der Waals surface area contributed by atoms with Crippen molar-refractivity contribution in [1.29, 1.82) is 0 Å². The maximum Gasteiger partial charge on any atom is 0.341 e. The van der Waals surface area contributed by atoms with Crippen molar-refractivity contribution in [3.05, 3.63) is 101 Å². The molecule has 3 aromatic rings. The minimum Gasteiger partial charge on any atom is -0.482 e. The SMILES string of the molecule is Cc1cc(SCC=C(c2ccc(C#CCN3CCCC3)cc2)c2ccc(C#CCN3CCCC3)cc2)ccc1OCC(=O)O. The minimum absolute atomic E-state index is 0.342. The highest BCUT2D eigenvalue weighted by atomic mass is 32.2. The van der Waals surface area contributed by atoms with E-state index in [1.54, 1.807) is 11.8 Å². The molecule has 0 saturated carbocycles. The first-order valence-electron chi connectivity index (χ1n) is 15.4. The Balaban J connectivity index is 1.30. The lowest BCUT2D eigenvalue weighted by Gasteiger charge is -2.11. The van der Waals surface area contributed by atoms with Crippen molar-refractivity contribution >= 4 is 23.3 Å². The van der Waals surface area contributed by atoms with Gasteiger partial charge in [0.15, 0.2) is 6.61 Å². The Morgan fingerprint density at radius 1 is 0.818 bits per heavy atom. The summed E-state index contributed by atoms with van der Waals surface area (Å²) in [6.45, 7) is 7.90. The average molecular weight is 605 g/mol. The molecule has 3 aromatic carbocycles. The molecule has 0 aromatic heterocycles. The number of nitrogens with zero attached hydrogens (tertiary/aromatic N) is 2. The zero-order valence-electron chi connectivity index (χ0n) is 25.5. The number of aryl methyl sites for hydroxylation is 1. The van der Waals surface area contributed by atoms with Crippen LogP contribution in [-0.4, -0.2) is 72.5 Å². The molecule has 0 aliphatic carbocycles. The lowest BCUT2D eigenvalue weighted by atomic mass is 9.96. The number of benzene rings is 3. The largest absolute Gasteiger partial charge is 0.482 e. The Bertz CT molecular complexity index is 1480. The molecule has 0 radical (unpaired) electrons. The fraction of sp³-hybridized carbons (Fsp3) is 0.342. The number of aliphatic carboxylic acids is 1. The molecular formula is C38H40N2O3S. The Morgan fingerprint density at radius 3 is 1.82 bits per heavy atom. The van der Waals surface area contributed by atoms with Crippen LogP contribution in [0.3, 0.4) is 0 Å². The Hall–Kier alpha value is -3.94. The standard InChI is InChI=1S/C38H40N2O3S/c1-30-28-35(18-19-37(30)43-29-38(41)42)44-27-20-36(33-14-10-31(11-15-33)8-6-25-39-21-2-3-22-39)34-16-12-32(13-17-34)9-7-26-40-23-4-5-24-40/h10-20,28H,2-5,21-27,29H2,1H3,(H,41,42). The van der Waals surface area contributed by atoms with Crippen LogP contribution < -0.4 is 4.74 Å². The minimum atomic E-state index is -0.982. The summed E-state index contributed by atoms with van der Waals surface area (Å²) >= 11 is 1.74. The highest BCUT2D eigenvalue weighted by Gasteiger charge is 2.11. The number of rotatable bonds is 10. The van der Waals surface area contributed by atoms with E-state index in [0.29, 0.717) is 5.75 Å². The number of hydrogen-bond acceptors (Lipinski definition) is 5. The number of carboxylic acid groups (broad SMARTS) is 1. The Kier molecular flexibility index (Phi) is 11.6. The molecule has 2 saturated heterocycles. The van der Waals surface area contributed by atoms with E-state index < -0.39 is 5.97 Å². The van der Waals surface area contributed by atoms with Gasteiger partial charge in [0.2, 0.25) is 0 Å². The molecule has 0 spiro atoms. The fourth-order valence-corrected chi connectivity index (χ4v) is 6.36. The van der Waals surface area contributed by atoms with Gasteiger partial charge in [-0.05, 0) is 124 Å². The topological polar surface area (TPSA) is 53.0 Å². The van der Waals surface area contributed by atoms with Crippen molar-refractivity contribution in [2.24, 2.45) is 0 Å². The third-order valence-corrected chi connectivity index (χ3v) is 8.82. The Labute approximate surface area is 266 Å². The van der Waals surface area contributed by atoms with Gasteiger partial charge >= 0.3 is 5.97 Å². The van der Waals surface area contributed by atoms with Crippen LogP contribution in [0.2, 0.25) is 0 Å².